The lowest BCUT2D eigenvalue weighted by Crippen LogP contribution is -2.35. The Hall–Kier alpha value is -2.93. The van der Waals surface area contributed by atoms with Gasteiger partial charge in [-0.05, 0) is 48.4 Å². The molecule has 4 rings (SSSR count). The maximum Gasteiger partial charge on any atom is 0.230 e. The third-order valence-corrected chi connectivity index (χ3v) is 6.64. The Morgan fingerprint density at radius 1 is 1.00 bits per heavy atom. The number of nitrogens with one attached hydrogen (secondary N) is 1. The zero-order valence-electron chi connectivity index (χ0n) is 17.9. The van der Waals surface area contributed by atoms with E-state index in [-0.39, 0.29) is 17.5 Å². The number of piperidine rings is 1. The minimum atomic E-state index is -0.282. The van der Waals surface area contributed by atoms with Gasteiger partial charge in [0.25, 0.3) is 0 Å². The average molecular weight is 451 g/mol. The van der Waals surface area contributed by atoms with Crippen LogP contribution in [0.4, 0.5) is 10.2 Å². The summed E-state index contributed by atoms with van der Waals surface area (Å²) in [6.45, 7) is 2.27. The van der Waals surface area contributed by atoms with Crippen molar-refractivity contribution in [1.82, 2.24) is 15.3 Å². The summed E-state index contributed by atoms with van der Waals surface area (Å²) in [5.74, 6) is 1.44. The molecule has 1 saturated heterocycles. The number of nitrogens with zero attached hydrogens (tertiary/aromatic N) is 3. The quantitative estimate of drug-likeness (QED) is 0.513. The van der Waals surface area contributed by atoms with Gasteiger partial charge in [-0.25, -0.2) is 14.4 Å². The molecular formula is C25H27FN4OS. The van der Waals surface area contributed by atoms with Gasteiger partial charge in [0.1, 0.15) is 10.8 Å². The maximum absolute atomic E-state index is 13.0. The fourth-order valence-electron chi connectivity index (χ4n) is 3.92. The summed E-state index contributed by atoms with van der Waals surface area (Å²) in [4.78, 5) is 23.6. The lowest BCUT2D eigenvalue weighted by Gasteiger charge is -2.33. The zero-order chi connectivity index (χ0) is 22.2. The average Bonchev–Trinajstić information content (AvgIpc) is 2.84. The number of thioether (sulfide) groups is 1. The largest absolute Gasteiger partial charge is 0.354 e. The molecule has 5 nitrogen and oxygen atoms in total. The van der Waals surface area contributed by atoms with E-state index < -0.39 is 0 Å². The van der Waals surface area contributed by atoms with Crippen molar-refractivity contribution in [2.45, 2.75) is 30.8 Å². The molecule has 0 atom stereocenters. The second-order valence-corrected chi connectivity index (χ2v) is 8.96. The van der Waals surface area contributed by atoms with Gasteiger partial charge in [-0.1, -0.05) is 54.2 Å². The first-order valence-corrected chi connectivity index (χ1v) is 11.9. The minimum Gasteiger partial charge on any atom is -0.354 e. The standard InChI is InChI=1S/C25H27FN4OS/c26-22-8-6-21(7-9-22)17-29-23(31)18-32-25-24(27-12-13-28-25)30-14-10-20(11-15-30)16-19-4-2-1-3-5-19/h1-9,12-13,20H,10-11,14-18H2,(H,29,31). The van der Waals surface area contributed by atoms with Gasteiger partial charge in [-0.2, -0.15) is 0 Å². The lowest BCUT2D eigenvalue weighted by molar-refractivity contribution is -0.118. The molecule has 1 fully saturated rings. The molecule has 1 aliphatic rings. The van der Waals surface area contributed by atoms with Crippen LogP contribution < -0.4 is 10.2 Å². The van der Waals surface area contributed by atoms with Crippen LogP contribution in [-0.2, 0) is 17.8 Å². The second-order valence-electron chi connectivity index (χ2n) is 8.00. The molecule has 0 spiro atoms. The Labute approximate surface area is 192 Å². The molecule has 7 heteroatoms. The number of carbonyl (C=O) groups excluding carboxylic acids is 1. The van der Waals surface area contributed by atoms with Gasteiger partial charge in [0.05, 0.1) is 5.75 Å². The van der Waals surface area contributed by atoms with E-state index in [1.165, 1.54) is 29.5 Å². The van der Waals surface area contributed by atoms with Gasteiger partial charge in [0.15, 0.2) is 5.82 Å². The van der Waals surface area contributed by atoms with E-state index in [4.69, 9.17) is 0 Å². The number of aromatic nitrogens is 2. The number of carbonyl (C=O) groups is 1. The number of hydrogen-bond donors (Lipinski definition) is 1. The molecule has 166 valence electrons. The molecule has 1 amide bonds. The number of hydrogen-bond acceptors (Lipinski definition) is 5. The summed E-state index contributed by atoms with van der Waals surface area (Å²) in [5.41, 5.74) is 2.26. The van der Waals surface area contributed by atoms with Crippen LogP contribution in [-0.4, -0.2) is 34.7 Å². The Morgan fingerprint density at radius 3 is 2.47 bits per heavy atom. The van der Waals surface area contributed by atoms with Crippen molar-refractivity contribution in [1.29, 1.82) is 0 Å². The second kappa shape index (κ2) is 11.1. The van der Waals surface area contributed by atoms with Crippen LogP contribution in [0, 0.1) is 11.7 Å². The van der Waals surface area contributed by atoms with Crippen LogP contribution in [0.2, 0.25) is 0 Å². The highest BCUT2D eigenvalue weighted by molar-refractivity contribution is 8.00. The molecule has 1 N–H and O–H groups in total. The normalized spacial score (nSPS) is 14.3. The van der Waals surface area contributed by atoms with Crippen LogP contribution in [0.15, 0.2) is 72.0 Å². The summed E-state index contributed by atoms with van der Waals surface area (Å²) in [7, 11) is 0. The summed E-state index contributed by atoms with van der Waals surface area (Å²) < 4.78 is 13.0. The highest BCUT2D eigenvalue weighted by atomic mass is 32.2. The molecule has 1 aromatic heterocycles. The van der Waals surface area contributed by atoms with Gasteiger partial charge < -0.3 is 10.2 Å². The predicted octanol–water partition coefficient (Wildman–Crippen LogP) is 4.48. The van der Waals surface area contributed by atoms with Crippen molar-refractivity contribution in [3.05, 3.63) is 83.9 Å². The van der Waals surface area contributed by atoms with E-state index in [1.54, 1.807) is 24.5 Å². The van der Waals surface area contributed by atoms with Gasteiger partial charge in [0, 0.05) is 32.0 Å². The predicted molar refractivity (Wildman–Crippen MR) is 126 cm³/mol. The summed E-state index contributed by atoms with van der Waals surface area (Å²) in [6, 6.07) is 16.8. The molecule has 0 unspecified atom stereocenters. The van der Waals surface area contributed by atoms with E-state index in [1.807, 2.05) is 0 Å². The molecular weight excluding hydrogens is 423 g/mol. The topological polar surface area (TPSA) is 58.1 Å². The lowest BCUT2D eigenvalue weighted by atomic mass is 9.90. The number of benzene rings is 2. The van der Waals surface area contributed by atoms with Crippen molar-refractivity contribution in [3.8, 4) is 0 Å². The summed E-state index contributed by atoms with van der Waals surface area (Å²) in [6.07, 6.45) is 6.74. The van der Waals surface area contributed by atoms with Gasteiger partial charge >= 0.3 is 0 Å². The van der Waals surface area contributed by atoms with E-state index in [2.05, 4.69) is 50.5 Å². The van der Waals surface area contributed by atoms with Crippen LogP contribution >= 0.6 is 11.8 Å². The van der Waals surface area contributed by atoms with Gasteiger partial charge in [-0.15, -0.1) is 0 Å². The SMILES string of the molecule is O=C(CSc1nccnc1N1CCC(Cc2ccccc2)CC1)NCc1ccc(F)cc1. The zero-order valence-corrected chi connectivity index (χ0v) is 18.7. The minimum absolute atomic E-state index is 0.0857. The molecule has 0 aliphatic carbocycles. The van der Waals surface area contributed by atoms with Crippen molar-refractivity contribution in [3.63, 3.8) is 0 Å². The van der Waals surface area contributed by atoms with E-state index in [9.17, 15) is 9.18 Å². The molecule has 32 heavy (non-hydrogen) atoms. The first-order valence-electron chi connectivity index (χ1n) is 10.9. The number of rotatable bonds is 8. The van der Waals surface area contributed by atoms with Crippen LogP contribution in [0.3, 0.4) is 0 Å². The number of amides is 1. The van der Waals surface area contributed by atoms with Crippen molar-refractivity contribution >= 4 is 23.5 Å². The number of halogens is 1. The Morgan fingerprint density at radius 2 is 1.72 bits per heavy atom. The first-order chi connectivity index (χ1) is 15.7. The van der Waals surface area contributed by atoms with Crippen molar-refractivity contribution in [2.75, 3.05) is 23.7 Å². The summed E-state index contributed by atoms with van der Waals surface area (Å²) >= 11 is 1.40. The van der Waals surface area contributed by atoms with Gasteiger partial charge in [0.2, 0.25) is 5.91 Å². The van der Waals surface area contributed by atoms with E-state index in [0.29, 0.717) is 12.5 Å². The highest BCUT2D eigenvalue weighted by Gasteiger charge is 2.23. The monoisotopic (exact) mass is 450 g/mol. The van der Waals surface area contributed by atoms with Crippen LogP contribution in [0.5, 0.6) is 0 Å². The van der Waals surface area contributed by atoms with Crippen LogP contribution in [0.25, 0.3) is 0 Å². The smallest absolute Gasteiger partial charge is 0.230 e. The van der Waals surface area contributed by atoms with Crippen LogP contribution in [0.1, 0.15) is 24.0 Å². The maximum atomic E-state index is 13.0. The molecule has 2 aromatic carbocycles. The van der Waals surface area contributed by atoms with Crippen molar-refractivity contribution < 1.29 is 9.18 Å². The molecule has 0 bridgehead atoms. The highest BCUT2D eigenvalue weighted by Crippen LogP contribution is 2.30. The van der Waals surface area contributed by atoms with Crippen molar-refractivity contribution in [2.24, 2.45) is 5.92 Å². The Kier molecular flexibility index (Phi) is 7.72. The van der Waals surface area contributed by atoms with E-state index in [0.717, 1.165) is 48.8 Å². The molecule has 0 radical (unpaired) electrons. The van der Waals surface area contributed by atoms with Gasteiger partial charge in [-0.3, -0.25) is 4.79 Å². The van der Waals surface area contributed by atoms with E-state index >= 15 is 0 Å². The Bertz CT molecular complexity index is 1010. The molecule has 3 aromatic rings. The molecule has 2 heterocycles. The number of anilines is 1. The molecule has 1 aliphatic heterocycles. The summed E-state index contributed by atoms with van der Waals surface area (Å²) in [5, 5.41) is 3.66. The fraction of sp³-hybridized carbons (Fsp3) is 0.320. The molecule has 0 saturated carbocycles. The first kappa shape index (κ1) is 22.3. The third-order valence-electron chi connectivity index (χ3n) is 5.67. The Balaban J connectivity index is 1.27. The fourth-order valence-corrected chi connectivity index (χ4v) is 4.74. The third kappa shape index (κ3) is 6.29.